The lowest BCUT2D eigenvalue weighted by molar-refractivity contribution is -0.168. The molecule has 3 aliphatic heterocycles. The van der Waals surface area contributed by atoms with Crippen molar-refractivity contribution in [2.45, 2.75) is 96.6 Å². The number of hydrazone groups is 1. The summed E-state index contributed by atoms with van der Waals surface area (Å²) >= 11 is 0. The summed E-state index contributed by atoms with van der Waals surface area (Å²) in [5, 5.41) is 5.45. The number of rotatable bonds is 5. The molecule has 0 aliphatic carbocycles. The fraction of sp³-hybridized carbons (Fsp3) is 0.625. The Morgan fingerprint density at radius 2 is 1.86 bits per heavy atom. The molecule has 0 bridgehead atoms. The number of carbonyl (C=O) groups excluding carboxylic acids is 3. The molecule has 1 amide bonds. The Morgan fingerprint density at radius 1 is 1.19 bits per heavy atom. The van der Waals surface area contributed by atoms with Crippen LogP contribution in [0, 0.1) is 17.8 Å². The van der Waals surface area contributed by atoms with E-state index in [1.807, 2.05) is 51.1 Å². The normalized spacial score (nSPS) is 36.4. The number of methoxy groups -OCH3 is 1. The highest BCUT2D eigenvalue weighted by molar-refractivity contribution is 5.99. The number of nitrogens with two attached hydrogens (primary N) is 2. The SMILES string of the molecule is CC[C@H]1OC(=O)C(C)C(=O)CC[C@](C)(OC)C[C@@H](C)/C(=C\CN(N)/C(=N\N)c2ccccc2)C(C)C2C3N2C(=O)O[C@@]31C. The molecule has 43 heavy (non-hydrogen) atoms. The zero-order valence-electron chi connectivity index (χ0n) is 26.4. The number of esters is 1. The number of hydrazine groups is 1. The van der Waals surface area contributed by atoms with Crippen LogP contribution in [0.4, 0.5) is 4.79 Å². The van der Waals surface area contributed by atoms with E-state index < -0.39 is 35.3 Å². The van der Waals surface area contributed by atoms with Gasteiger partial charge in [0.1, 0.15) is 17.8 Å². The number of Topliss-reactive ketones (excluding diaryl/α,β-unsaturated/α-hetero) is 1. The number of amides is 1. The average molecular weight is 598 g/mol. The van der Waals surface area contributed by atoms with Gasteiger partial charge in [0.2, 0.25) is 0 Å². The van der Waals surface area contributed by atoms with Crippen LogP contribution in [0.3, 0.4) is 0 Å². The van der Waals surface area contributed by atoms with E-state index in [1.165, 1.54) is 5.01 Å². The van der Waals surface area contributed by atoms with Gasteiger partial charge in [0.25, 0.3) is 0 Å². The lowest BCUT2D eigenvalue weighted by atomic mass is 9.77. The molecule has 0 aromatic heterocycles. The second-order valence-electron chi connectivity index (χ2n) is 12.6. The molecule has 4 unspecified atom stereocenters. The zero-order valence-corrected chi connectivity index (χ0v) is 26.4. The number of ether oxygens (including phenoxy) is 3. The zero-order chi connectivity index (χ0) is 31.7. The van der Waals surface area contributed by atoms with E-state index in [4.69, 9.17) is 25.9 Å². The Morgan fingerprint density at radius 3 is 2.47 bits per heavy atom. The van der Waals surface area contributed by atoms with E-state index in [2.05, 4.69) is 25.0 Å². The Kier molecular flexibility index (Phi) is 9.56. The maximum absolute atomic E-state index is 13.1. The van der Waals surface area contributed by atoms with E-state index in [-0.39, 0.29) is 36.1 Å². The minimum atomic E-state index is -1.05. The second kappa shape index (κ2) is 12.7. The van der Waals surface area contributed by atoms with Crippen molar-refractivity contribution in [2.75, 3.05) is 13.7 Å². The van der Waals surface area contributed by atoms with Gasteiger partial charge in [-0.3, -0.25) is 19.5 Å². The van der Waals surface area contributed by atoms with Gasteiger partial charge >= 0.3 is 12.1 Å². The number of cyclic esters (lactones) is 1. The number of hydrogen-bond acceptors (Lipinski definition) is 9. The molecule has 3 aliphatic rings. The molecule has 3 fully saturated rings. The highest BCUT2D eigenvalue weighted by Gasteiger charge is 2.72. The summed E-state index contributed by atoms with van der Waals surface area (Å²) in [6, 6.07) is 9.04. The largest absolute Gasteiger partial charge is 0.458 e. The average Bonchev–Trinajstić information content (AvgIpc) is 3.69. The number of benzene rings is 1. The van der Waals surface area contributed by atoms with Crippen molar-refractivity contribution in [3.05, 3.63) is 47.5 Å². The van der Waals surface area contributed by atoms with Gasteiger partial charge in [0.15, 0.2) is 11.4 Å². The standard InChI is InChI=1S/C32H47N5O6/c1-8-25-32(6)27-26(37(27)30(40)43-32)20(3)23(15-17-36(34)28(35-33)22-12-10-9-11-13-22)19(2)18-31(5,41-7)16-14-24(38)21(4)29(39)42-25/h9-13,15,19-21,25-27H,8,14,16-18,33-34H2,1-7H3/b23-15+,35-28-/t19-,20?,21?,25-,26?,27?,31+,32-,37?/m1/s1. The Hall–Kier alpha value is -3.44. The van der Waals surface area contributed by atoms with Gasteiger partial charge in [0, 0.05) is 25.0 Å². The lowest BCUT2D eigenvalue weighted by Crippen LogP contribution is -2.49. The van der Waals surface area contributed by atoms with Crippen molar-refractivity contribution in [1.29, 1.82) is 0 Å². The maximum Gasteiger partial charge on any atom is 0.411 e. The van der Waals surface area contributed by atoms with Gasteiger partial charge in [0.05, 0.1) is 24.2 Å². The van der Waals surface area contributed by atoms with Crippen LogP contribution in [0.1, 0.15) is 72.8 Å². The van der Waals surface area contributed by atoms with Crippen molar-refractivity contribution < 1.29 is 28.6 Å². The van der Waals surface area contributed by atoms with Gasteiger partial charge in [-0.15, -0.1) is 0 Å². The molecule has 1 aromatic rings. The number of amidine groups is 1. The predicted molar refractivity (Wildman–Crippen MR) is 162 cm³/mol. The van der Waals surface area contributed by atoms with E-state index in [1.54, 1.807) is 18.9 Å². The molecule has 4 rings (SSSR count). The van der Waals surface area contributed by atoms with Crippen molar-refractivity contribution >= 4 is 23.7 Å². The first kappa shape index (κ1) is 32.5. The van der Waals surface area contributed by atoms with E-state index in [9.17, 15) is 14.4 Å². The van der Waals surface area contributed by atoms with Gasteiger partial charge < -0.3 is 20.1 Å². The Labute approximate surface area is 254 Å². The highest BCUT2D eigenvalue weighted by atomic mass is 16.6. The topological polar surface area (TPSA) is 150 Å². The van der Waals surface area contributed by atoms with E-state index in [0.717, 1.165) is 11.1 Å². The smallest absolute Gasteiger partial charge is 0.411 e. The molecular formula is C32H47N5O6. The summed E-state index contributed by atoms with van der Waals surface area (Å²) in [6.45, 7) is 11.8. The lowest BCUT2D eigenvalue weighted by Gasteiger charge is -2.35. The number of nitrogens with zero attached hydrogens (tertiary/aromatic N) is 3. The van der Waals surface area contributed by atoms with Gasteiger partial charge in [-0.05, 0) is 46.0 Å². The first-order chi connectivity index (χ1) is 20.3. The van der Waals surface area contributed by atoms with Crippen LogP contribution in [-0.4, -0.2) is 76.6 Å². The van der Waals surface area contributed by atoms with Crippen molar-refractivity contribution in [3.8, 4) is 0 Å². The van der Waals surface area contributed by atoms with Crippen molar-refractivity contribution in [1.82, 2.24) is 9.91 Å². The summed E-state index contributed by atoms with van der Waals surface area (Å²) in [5.41, 5.74) is 0.206. The number of fused-ring (bicyclic) bond motifs is 1. The van der Waals surface area contributed by atoms with Crippen LogP contribution >= 0.6 is 0 Å². The summed E-state index contributed by atoms with van der Waals surface area (Å²) in [5.74, 6) is 10.9. The van der Waals surface area contributed by atoms with Crippen LogP contribution < -0.4 is 11.7 Å². The minimum Gasteiger partial charge on any atom is -0.458 e. The summed E-state index contributed by atoms with van der Waals surface area (Å²) in [6.07, 6.45) is 2.63. The first-order valence-corrected chi connectivity index (χ1v) is 15.2. The fourth-order valence-electron chi connectivity index (χ4n) is 7.03. The fourth-order valence-corrected chi connectivity index (χ4v) is 7.03. The molecule has 11 nitrogen and oxygen atoms in total. The second-order valence-corrected chi connectivity index (χ2v) is 12.6. The molecule has 3 saturated heterocycles. The van der Waals surface area contributed by atoms with Gasteiger partial charge in [-0.25, -0.2) is 10.6 Å². The molecule has 1 aromatic carbocycles. The minimum absolute atomic E-state index is 0.00523. The number of carbonyl (C=O) groups is 3. The third-order valence-electron chi connectivity index (χ3n) is 9.75. The van der Waals surface area contributed by atoms with Gasteiger partial charge in [-0.2, -0.15) is 5.10 Å². The molecular weight excluding hydrogens is 550 g/mol. The molecule has 0 spiro atoms. The number of ketones is 1. The molecule has 11 heteroatoms. The molecule has 3 heterocycles. The third kappa shape index (κ3) is 6.28. The van der Waals surface area contributed by atoms with Crippen LogP contribution in [-0.2, 0) is 23.8 Å². The predicted octanol–water partition coefficient (Wildman–Crippen LogP) is 3.76. The molecule has 0 saturated carbocycles. The quantitative estimate of drug-likeness (QED) is 0.0756. The summed E-state index contributed by atoms with van der Waals surface area (Å²) in [4.78, 5) is 41.1. The van der Waals surface area contributed by atoms with E-state index >= 15 is 0 Å². The molecule has 8 atom stereocenters. The summed E-state index contributed by atoms with van der Waals surface area (Å²) < 4.78 is 17.7. The van der Waals surface area contributed by atoms with Gasteiger partial charge in [-0.1, -0.05) is 62.8 Å². The highest BCUT2D eigenvalue weighted by Crippen LogP contribution is 2.54. The van der Waals surface area contributed by atoms with E-state index in [0.29, 0.717) is 31.6 Å². The third-order valence-corrected chi connectivity index (χ3v) is 9.75. The van der Waals surface area contributed by atoms with Crippen LogP contribution in [0.2, 0.25) is 0 Å². The number of hydrogen-bond donors (Lipinski definition) is 2. The molecule has 236 valence electrons. The molecule has 0 radical (unpaired) electrons. The summed E-state index contributed by atoms with van der Waals surface area (Å²) in [7, 11) is 1.64. The van der Waals surface area contributed by atoms with Crippen LogP contribution in [0.25, 0.3) is 0 Å². The Balaban J connectivity index is 1.72. The monoisotopic (exact) mass is 597 g/mol. The maximum atomic E-state index is 13.1. The first-order valence-electron chi connectivity index (χ1n) is 15.2. The van der Waals surface area contributed by atoms with Crippen molar-refractivity contribution in [3.63, 3.8) is 0 Å². The van der Waals surface area contributed by atoms with Crippen LogP contribution in [0.15, 0.2) is 47.1 Å². The van der Waals surface area contributed by atoms with Crippen molar-refractivity contribution in [2.24, 2.45) is 34.5 Å². The van der Waals surface area contributed by atoms with Crippen LogP contribution in [0.5, 0.6) is 0 Å². The Bertz CT molecular complexity index is 1270. The molecule has 4 N–H and O–H groups in total.